The first-order valence-electron chi connectivity index (χ1n) is 5.86. The zero-order chi connectivity index (χ0) is 12.5. The molecule has 0 aromatic carbocycles. The highest BCUT2D eigenvalue weighted by Gasteiger charge is 2.04. The normalized spacial score (nSPS) is 14.2. The lowest BCUT2D eigenvalue weighted by molar-refractivity contribution is -0.137. The smallest absolute Gasteiger partial charge is 0.303 e. The van der Waals surface area contributed by atoms with Crippen molar-refractivity contribution in [1.29, 1.82) is 0 Å². The molecular weight excluding hydrogens is 220 g/mol. The minimum atomic E-state index is -0.860. The van der Waals surface area contributed by atoms with Crippen LogP contribution in [0.4, 0.5) is 0 Å². The summed E-state index contributed by atoms with van der Waals surface area (Å²) in [4.78, 5) is 25.7. The van der Waals surface area contributed by atoms with E-state index in [0.717, 1.165) is 25.0 Å². The fourth-order valence-electron chi connectivity index (χ4n) is 1.56. The fourth-order valence-corrected chi connectivity index (χ4v) is 1.56. The van der Waals surface area contributed by atoms with Gasteiger partial charge < -0.3 is 10.4 Å². The van der Waals surface area contributed by atoms with Gasteiger partial charge in [-0.3, -0.25) is 14.6 Å². The van der Waals surface area contributed by atoms with Gasteiger partial charge in [0, 0.05) is 32.1 Å². The predicted octanol–water partition coefficient (Wildman–Crippen LogP) is 1.15. The molecule has 0 saturated carbocycles. The Hall–Kier alpha value is -1.65. The van der Waals surface area contributed by atoms with Crippen LogP contribution in [0.3, 0.4) is 0 Å². The minimum absolute atomic E-state index is 0.0469. The maximum atomic E-state index is 11.3. The number of nitrogens with zero attached hydrogens (tertiary/aromatic N) is 1. The lowest BCUT2D eigenvalue weighted by atomic mass is 10.1. The van der Waals surface area contributed by atoms with Gasteiger partial charge in [-0.15, -0.1) is 0 Å². The van der Waals surface area contributed by atoms with Crippen LogP contribution in [0.15, 0.2) is 16.6 Å². The summed E-state index contributed by atoms with van der Waals surface area (Å²) in [6.45, 7) is 1.44. The quantitative estimate of drug-likeness (QED) is 0.698. The Kier molecular flexibility index (Phi) is 5.99. The lowest BCUT2D eigenvalue weighted by Gasteiger charge is -2.07. The molecule has 17 heavy (non-hydrogen) atoms. The number of hydrogen-bond donors (Lipinski definition) is 2. The van der Waals surface area contributed by atoms with Crippen molar-refractivity contribution < 1.29 is 14.7 Å². The maximum Gasteiger partial charge on any atom is 0.303 e. The molecule has 0 spiro atoms. The van der Waals surface area contributed by atoms with Gasteiger partial charge in [0.25, 0.3) is 0 Å². The van der Waals surface area contributed by atoms with Crippen molar-refractivity contribution in [2.75, 3.05) is 13.1 Å². The number of rotatable bonds is 7. The molecule has 1 rings (SSSR count). The van der Waals surface area contributed by atoms with Gasteiger partial charge in [-0.05, 0) is 24.8 Å². The zero-order valence-corrected chi connectivity index (χ0v) is 9.82. The number of hydrogen-bond acceptors (Lipinski definition) is 3. The number of carboxylic acid groups (broad SMARTS) is 1. The minimum Gasteiger partial charge on any atom is -0.481 e. The Morgan fingerprint density at radius 3 is 2.88 bits per heavy atom. The largest absolute Gasteiger partial charge is 0.481 e. The summed E-state index contributed by atoms with van der Waals surface area (Å²) in [5.74, 6) is -0.944. The van der Waals surface area contributed by atoms with E-state index in [1.54, 1.807) is 0 Å². The first kappa shape index (κ1) is 13.4. The van der Waals surface area contributed by atoms with E-state index in [-0.39, 0.29) is 18.7 Å². The molecule has 0 fully saturated rings. The number of dihydropyridines is 1. The van der Waals surface area contributed by atoms with Crippen LogP contribution in [0, 0.1) is 0 Å². The van der Waals surface area contributed by atoms with Crippen LogP contribution in [0.5, 0.6) is 0 Å². The monoisotopic (exact) mass is 238 g/mol. The van der Waals surface area contributed by atoms with E-state index in [1.165, 1.54) is 0 Å². The SMILES string of the molecule is O=C(O)CCCC(=O)NCCC1=CCCN=C1. The third kappa shape index (κ3) is 6.50. The molecule has 0 unspecified atom stereocenters. The highest BCUT2D eigenvalue weighted by atomic mass is 16.4. The molecule has 0 saturated heterocycles. The number of carboxylic acids is 1. The van der Waals surface area contributed by atoms with Gasteiger partial charge in [-0.25, -0.2) is 0 Å². The summed E-state index contributed by atoms with van der Waals surface area (Å²) in [5, 5.41) is 11.2. The average molecular weight is 238 g/mol. The van der Waals surface area contributed by atoms with E-state index >= 15 is 0 Å². The molecule has 0 atom stereocenters. The summed E-state index contributed by atoms with van der Waals surface area (Å²) >= 11 is 0. The Labute approximate surface area is 101 Å². The van der Waals surface area contributed by atoms with E-state index < -0.39 is 5.97 Å². The van der Waals surface area contributed by atoms with Crippen LogP contribution in [0.2, 0.25) is 0 Å². The molecule has 1 aliphatic heterocycles. The van der Waals surface area contributed by atoms with Gasteiger partial charge in [0.2, 0.25) is 5.91 Å². The van der Waals surface area contributed by atoms with E-state index in [2.05, 4.69) is 16.4 Å². The van der Waals surface area contributed by atoms with Crippen molar-refractivity contribution in [3.05, 3.63) is 11.6 Å². The second-order valence-corrected chi connectivity index (χ2v) is 3.95. The average Bonchev–Trinajstić information content (AvgIpc) is 2.30. The van der Waals surface area contributed by atoms with Gasteiger partial charge in [0.15, 0.2) is 0 Å². The molecular formula is C12H18N2O3. The van der Waals surface area contributed by atoms with Gasteiger partial charge in [-0.2, -0.15) is 0 Å². The lowest BCUT2D eigenvalue weighted by Crippen LogP contribution is -2.24. The van der Waals surface area contributed by atoms with Crippen LogP contribution in [0.1, 0.15) is 32.1 Å². The zero-order valence-electron chi connectivity index (χ0n) is 9.82. The first-order chi connectivity index (χ1) is 8.18. The van der Waals surface area contributed by atoms with Crippen molar-refractivity contribution in [3.63, 3.8) is 0 Å². The summed E-state index contributed by atoms with van der Waals surface area (Å²) in [5.41, 5.74) is 1.15. The Morgan fingerprint density at radius 1 is 1.41 bits per heavy atom. The Balaban J connectivity index is 2.05. The molecule has 94 valence electrons. The topological polar surface area (TPSA) is 78.8 Å². The molecule has 0 bridgehead atoms. The first-order valence-corrected chi connectivity index (χ1v) is 5.86. The predicted molar refractivity (Wildman–Crippen MR) is 65.2 cm³/mol. The summed E-state index contributed by atoms with van der Waals surface area (Å²) in [6, 6.07) is 0. The van der Waals surface area contributed by atoms with Gasteiger partial charge >= 0.3 is 5.97 Å². The second kappa shape index (κ2) is 7.60. The van der Waals surface area contributed by atoms with Crippen molar-refractivity contribution in [2.24, 2.45) is 4.99 Å². The van der Waals surface area contributed by atoms with Crippen LogP contribution in [-0.2, 0) is 9.59 Å². The molecule has 1 amide bonds. The number of carbonyl (C=O) groups excluding carboxylic acids is 1. The molecule has 5 nitrogen and oxygen atoms in total. The van der Waals surface area contributed by atoms with Crippen molar-refractivity contribution in [1.82, 2.24) is 5.32 Å². The molecule has 5 heteroatoms. The fraction of sp³-hybridized carbons (Fsp3) is 0.583. The second-order valence-electron chi connectivity index (χ2n) is 3.95. The van der Waals surface area contributed by atoms with E-state index in [0.29, 0.717) is 13.0 Å². The maximum absolute atomic E-state index is 11.3. The van der Waals surface area contributed by atoms with Gasteiger partial charge in [0.1, 0.15) is 0 Å². The Bertz CT molecular complexity index is 335. The summed E-state index contributed by atoms with van der Waals surface area (Å²) in [7, 11) is 0. The molecule has 0 aliphatic carbocycles. The van der Waals surface area contributed by atoms with Crippen LogP contribution in [-0.4, -0.2) is 36.3 Å². The van der Waals surface area contributed by atoms with Crippen LogP contribution < -0.4 is 5.32 Å². The third-order valence-corrected chi connectivity index (χ3v) is 2.45. The van der Waals surface area contributed by atoms with Crippen LogP contribution >= 0.6 is 0 Å². The number of carbonyl (C=O) groups is 2. The van der Waals surface area contributed by atoms with Crippen LogP contribution in [0.25, 0.3) is 0 Å². The molecule has 1 aliphatic rings. The summed E-state index contributed by atoms with van der Waals surface area (Å²) < 4.78 is 0. The molecule has 0 radical (unpaired) electrons. The third-order valence-electron chi connectivity index (χ3n) is 2.45. The van der Waals surface area contributed by atoms with Crippen molar-refractivity contribution >= 4 is 18.1 Å². The van der Waals surface area contributed by atoms with E-state index in [1.807, 2.05) is 6.21 Å². The standard InChI is InChI=1S/C12H18N2O3/c15-11(4-1-5-12(16)17)14-8-6-10-3-2-7-13-9-10/h3,9H,1-2,4-8H2,(H,14,15)(H,16,17). The number of aliphatic imine (C=N–C) groups is 1. The molecule has 0 aromatic rings. The van der Waals surface area contributed by atoms with E-state index in [4.69, 9.17) is 5.11 Å². The molecule has 1 heterocycles. The highest BCUT2D eigenvalue weighted by Crippen LogP contribution is 2.04. The number of amides is 1. The van der Waals surface area contributed by atoms with E-state index in [9.17, 15) is 9.59 Å². The van der Waals surface area contributed by atoms with Gasteiger partial charge in [-0.1, -0.05) is 6.08 Å². The Morgan fingerprint density at radius 2 is 2.24 bits per heavy atom. The summed E-state index contributed by atoms with van der Waals surface area (Å²) in [6.07, 6.45) is 6.45. The van der Waals surface area contributed by atoms with Crippen molar-refractivity contribution in [3.8, 4) is 0 Å². The molecule has 0 aromatic heterocycles. The number of aliphatic carboxylic acids is 1. The number of nitrogens with one attached hydrogen (secondary N) is 1. The van der Waals surface area contributed by atoms with Crippen molar-refractivity contribution in [2.45, 2.75) is 32.1 Å². The van der Waals surface area contributed by atoms with Gasteiger partial charge in [0.05, 0.1) is 0 Å². The highest BCUT2D eigenvalue weighted by molar-refractivity contribution is 5.80. The molecule has 2 N–H and O–H groups in total.